The Hall–Kier alpha value is -3.04. The fourth-order valence-electron chi connectivity index (χ4n) is 2.68. The second kappa shape index (κ2) is 8.11. The largest absolute Gasteiger partial charge is 0.423 e. The second-order valence-electron chi connectivity index (χ2n) is 6.25. The number of nitrogens with zero attached hydrogens (tertiary/aromatic N) is 1. The van der Waals surface area contributed by atoms with Crippen LogP contribution in [0.5, 0.6) is 0 Å². The Bertz CT molecular complexity index is 1100. The minimum atomic E-state index is -0.386. The lowest BCUT2D eigenvalue weighted by atomic mass is 10.0. The van der Waals surface area contributed by atoms with Crippen molar-refractivity contribution in [2.24, 2.45) is 0 Å². The second-order valence-corrected chi connectivity index (χ2v) is 7.24. The zero-order valence-corrected chi connectivity index (χ0v) is 15.9. The third-order valence-electron chi connectivity index (χ3n) is 4.23. The van der Waals surface area contributed by atoms with Crippen molar-refractivity contribution in [3.63, 3.8) is 0 Å². The number of hydrogen-bond donors (Lipinski definition) is 1. The summed E-state index contributed by atoms with van der Waals surface area (Å²) in [5.41, 5.74) is 4.43. The van der Waals surface area contributed by atoms with Crippen LogP contribution in [0, 0.1) is 25.2 Å². The van der Waals surface area contributed by atoms with Crippen LogP contribution in [0.4, 0.5) is 5.69 Å². The molecule has 1 heterocycles. The highest BCUT2D eigenvalue weighted by molar-refractivity contribution is 7.99. The zero-order chi connectivity index (χ0) is 19.4. The summed E-state index contributed by atoms with van der Waals surface area (Å²) >= 11 is 1.43. The lowest BCUT2D eigenvalue weighted by molar-refractivity contribution is -0.113. The molecule has 0 aliphatic rings. The van der Waals surface area contributed by atoms with E-state index in [4.69, 9.17) is 9.68 Å². The average Bonchev–Trinajstić information content (AvgIpc) is 2.64. The number of carbonyl (C=O) groups excluding carboxylic acids is 1. The molecule has 0 aliphatic heterocycles. The SMILES string of the molecule is Cc1cc2oc(=O)cc(CSCC(=O)Nc3ccc(C#N)cc3)c2cc1C. The van der Waals surface area contributed by atoms with E-state index in [-0.39, 0.29) is 17.3 Å². The molecule has 2 aromatic carbocycles. The summed E-state index contributed by atoms with van der Waals surface area (Å²) in [7, 11) is 0. The molecule has 0 radical (unpaired) electrons. The van der Waals surface area contributed by atoms with Gasteiger partial charge in [0.05, 0.1) is 17.4 Å². The molecule has 27 heavy (non-hydrogen) atoms. The van der Waals surface area contributed by atoms with E-state index in [0.717, 1.165) is 22.1 Å². The molecule has 5 nitrogen and oxygen atoms in total. The molecule has 0 saturated carbocycles. The van der Waals surface area contributed by atoms with E-state index in [2.05, 4.69) is 5.32 Å². The lowest BCUT2D eigenvalue weighted by Gasteiger charge is -2.08. The van der Waals surface area contributed by atoms with Gasteiger partial charge in [0.1, 0.15) is 5.58 Å². The number of benzene rings is 2. The Balaban J connectivity index is 1.66. The van der Waals surface area contributed by atoms with Gasteiger partial charge in [0.15, 0.2) is 0 Å². The van der Waals surface area contributed by atoms with Crippen LogP contribution in [0.25, 0.3) is 11.0 Å². The van der Waals surface area contributed by atoms with Gasteiger partial charge in [-0.1, -0.05) is 0 Å². The molecule has 0 spiro atoms. The number of rotatable bonds is 5. The number of anilines is 1. The van der Waals surface area contributed by atoms with Gasteiger partial charge in [-0.05, 0) is 66.9 Å². The Morgan fingerprint density at radius 2 is 1.85 bits per heavy atom. The van der Waals surface area contributed by atoms with Gasteiger partial charge in [-0.25, -0.2) is 4.79 Å². The first-order valence-electron chi connectivity index (χ1n) is 8.38. The van der Waals surface area contributed by atoms with Gasteiger partial charge in [-0.2, -0.15) is 5.26 Å². The number of amides is 1. The number of thioether (sulfide) groups is 1. The van der Waals surface area contributed by atoms with Crippen LogP contribution in [0.15, 0.2) is 51.7 Å². The topological polar surface area (TPSA) is 83.1 Å². The molecular weight excluding hydrogens is 360 g/mol. The van der Waals surface area contributed by atoms with Gasteiger partial charge in [0, 0.05) is 22.9 Å². The van der Waals surface area contributed by atoms with Gasteiger partial charge in [-0.15, -0.1) is 11.8 Å². The summed E-state index contributed by atoms with van der Waals surface area (Å²) in [4.78, 5) is 23.9. The molecule has 1 amide bonds. The molecule has 0 aliphatic carbocycles. The molecular formula is C21H18N2O3S. The smallest absolute Gasteiger partial charge is 0.336 e. The number of carbonyl (C=O) groups is 1. The number of aryl methyl sites for hydroxylation is 2. The zero-order valence-electron chi connectivity index (χ0n) is 15.0. The Morgan fingerprint density at radius 1 is 1.15 bits per heavy atom. The summed E-state index contributed by atoms with van der Waals surface area (Å²) in [5.74, 6) is 0.654. The van der Waals surface area contributed by atoms with E-state index in [1.807, 2.05) is 32.0 Å². The van der Waals surface area contributed by atoms with Gasteiger partial charge in [-0.3, -0.25) is 4.79 Å². The minimum absolute atomic E-state index is 0.135. The summed E-state index contributed by atoms with van der Waals surface area (Å²) in [5, 5.41) is 12.5. The van der Waals surface area contributed by atoms with E-state index in [0.29, 0.717) is 22.6 Å². The predicted octanol–water partition coefficient (Wildman–Crippen LogP) is 4.15. The molecule has 0 fully saturated rings. The molecule has 3 rings (SSSR count). The van der Waals surface area contributed by atoms with E-state index < -0.39 is 0 Å². The molecule has 0 saturated heterocycles. The fourth-order valence-corrected chi connectivity index (χ4v) is 3.50. The molecule has 0 atom stereocenters. The maximum atomic E-state index is 12.1. The summed E-state index contributed by atoms with van der Waals surface area (Å²) in [6.45, 7) is 3.99. The Labute approximate surface area is 161 Å². The van der Waals surface area contributed by atoms with Crippen LogP contribution in [-0.2, 0) is 10.5 Å². The van der Waals surface area contributed by atoms with Crippen LogP contribution < -0.4 is 10.9 Å². The van der Waals surface area contributed by atoms with Gasteiger partial charge >= 0.3 is 5.63 Å². The van der Waals surface area contributed by atoms with Crippen molar-refractivity contribution >= 4 is 34.3 Å². The number of nitriles is 1. The van der Waals surface area contributed by atoms with Crippen LogP contribution in [0.2, 0.25) is 0 Å². The molecule has 3 aromatic rings. The summed E-state index contributed by atoms with van der Waals surface area (Å²) < 4.78 is 5.30. The maximum absolute atomic E-state index is 12.1. The molecule has 136 valence electrons. The van der Waals surface area contributed by atoms with Gasteiger partial charge in [0.2, 0.25) is 5.91 Å². The van der Waals surface area contributed by atoms with E-state index in [1.54, 1.807) is 24.3 Å². The predicted molar refractivity (Wildman–Crippen MR) is 108 cm³/mol. The van der Waals surface area contributed by atoms with Crippen LogP contribution in [0.3, 0.4) is 0 Å². The Kier molecular flexibility index (Phi) is 5.63. The summed E-state index contributed by atoms with van der Waals surface area (Å²) in [6, 6.07) is 14.1. The first kappa shape index (κ1) is 18.7. The fraction of sp³-hybridized carbons (Fsp3) is 0.190. The highest BCUT2D eigenvalue weighted by Crippen LogP contribution is 2.24. The highest BCUT2D eigenvalue weighted by atomic mass is 32.2. The summed E-state index contributed by atoms with van der Waals surface area (Å²) in [6.07, 6.45) is 0. The lowest BCUT2D eigenvalue weighted by Crippen LogP contribution is -2.14. The molecule has 0 unspecified atom stereocenters. The number of hydrogen-bond acceptors (Lipinski definition) is 5. The quantitative estimate of drug-likeness (QED) is 0.674. The van der Waals surface area contributed by atoms with Crippen molar-refractivity contribution in [2.45, 2.75) is 19.6 Å². The molecule has 0 bridgehead atoms. The molecule has 1 aromatic heterocycles. The van der Waals surface area contributed by atoms with Crippen molar-refractivity contribution in [1.82, 2.24) is 0 Å². The number of fused-ring (bicyclic) bond motifs is 1. The van der Waals surface area contributed by atoms with Crippen molar-refractivity contribution in [1.29, 1.82) is 5.26 Å². The first-order valence-corrected chi connectivity index (χ1v) is 9.53. The molecule has 6 heteroatoms. The minimum Gasteiger partial charge on any atom is -0.423 e. The Morgan fingerprint density at radius 3 is 2.56 bits per heavy atom. The van der Waals surface area contributed by atoms with Crippen molar-refractivity contribution in [3.05, 3.63) is 75.1 Å². The van der Waals surface area contributed by atoms with Crippen LogP contribution >= 0.6 is 11.8 Å². The third-order valence-corrected chi connectivity index (χ3v) is 5.21. The van der Waals surface area contributed by atoms with E-state index in [9.17, 15) is 9.59 Å². The monoisotopic (exact) mass is 378 g/mol. The van der Waals surface area contributed by atoms with E-state index >= 15 is 0 Å². The maximum Gasteiger partial charge on any atom is 0.336 e. The standard InChI is InChI=1S/C21H18N2O3S/c1-13-7-18-16(9-21(25)26-19(18)8-14(13)2)11-27-12-20(24)23-17-5-3-15(10-22)4-6-17/h3-9H,11-12H2,1-2H3,(H,23,24). The van der Waals surface area contributed by atoms with Crippen molar-refractivity contribution < 1.29 is 9.21 Å². The van der Waals surface area contributed by atoms with E-state index in [1.165, 1.54) is 17.8 Å². The first-order chi connectivity index (χ1) is 13.0. The van der Waals surface area contributed by atoms with Gasteiger partial charge < -0.3 is 9.73 Å². The normalized spacial score (nSPS) is 10.6. The molecule has 1 N–H and O–H groups in total. The van der Waals surface area contributed by atoms with Crippen LogP contribution in [0.1, 0.15) is 22.3 Å². The average molecular weight is 378 g/mol. The van der Waals surface area contributed by atoms with Gasteiger partial charge in [0.25, 0.3) is 0 Å². The van der Waals surface area contributed by atoms with Crippen molar-refractivity contribution in [3.8, 4) is 6.07 Å². The third kappa shape index (κ3) is 4.57. The highest BCUT2D eigenvalue weighted by Gasteiger charge is 2.09. The number of nitrogens with one attached hydrogen (secondary N) is 1. The van der Waals surface area contributed by atoms with Crippen LogP contribution in [-0.4, -0.2) is 11.7 Å². The van der Waals surface area contributed by atoms with Crippen molar-refractivity contribution in [2.75, 3.05) is 11.1 Å².